The molecule has 28 heavy (non-hydrogen) atoms. The molecule has 0 saturated carbocycles. The van der Waals surface area contributed by atoms with Gasteiger partial charge in [0.05, 0.1) is 6.54 Å². The van der Waals surface area contributed by atoms with Crippen LogP contribution in [0.4, 0.5) is 4.79 Å². The van der Waals surface area contributed by atoms with E-state index < -0.39 is 11.7 Å². The van der Waals surface area contributed by atoms with Gasteiger partial charge in [0, 0.05) is 31.7 Å². The molecule has 0 radical (unpaired) electrons. The molecule has 0 aliphatic heterocycles. The van der Waals surface area contributed by atoms with Crippen LogP contribution >= 0.6 is 0 Å². The number of nitrogens with zero attached hydrogens (tertiary/aromatic N) is 1. The number of phenols is 1. The standard InChI is InChI=1S/C19H31N5O4/c1-5-20-17(23-12-13-24-18(27)28-19(2,3)4)22-11-10-21-16(26)14-6-8-15(25)9-7-14/h6-9,25H,5,10-13H2,1-4H3,(H,21,26)(H,24,27)(H2,20,22,23). The first kappa shape index (κ1) is 23.1. The minimum atomic E-state index is -0.529. The van der Waals surface area contributed by atoms with Crippen LogP contribution in [0.25, 0.3) is 0 Å². The van der Waals surface area contributed by atoms with Gasteiger partial charge in [-0.05, 0) is 52.0 Å². The number of benzene rings is 1. The molecule has 0 aliphatic carbocycles. The molecule has 0 aromatic heterocycles. The first-order valence-corrected chi connectivity index (χ1v) is 9.27. The van der Waals surface area contributed by atoms with Gasteiger partial charge in [0.25, 0.3) is 5.91 Å². The number of hydrogen-bond acceptors (Lipinski definition) is 5. The highest BCUT2D eigenvalue weighted by atomic mass is 16.6. The van der Waals surface area contributed by atoms with Gasteiger partial charge in [-0.3, -0.25) is 9.79 Å². The van der Waals surface area contributed by atoms with E-state index in [-0.39, 0.29) is 11.7 Å². The topological polar surface area (TPSA) is 124 Å². The van der Waals surface area contributed by atoms with Crippen LogP contribution in [0.5, 0.6) is 5.75 Å². The van der Waals surface area contributed by atoms with E-state index in [0.717, 1.165) is 0 Å². The van der Waals surface area contributed by atoms with E-state index in [9.17, 15) is 14.7 Å². The van der Waals surface area contributed by atoms with Crippen LogP contribution in [0.2, 0.25) is 0 Å². The lowest BCUT2D eigenvalue weighted by molar-refractivity contribution is 0.0528. The molecule has 0 atom stereocenters. The van der Waals surface area contributed by atoms with Crippen LogP contribution in [0.3, 0.4) is 0 Å². The molecule has 0 fully saturated rings. The average Bonchev–Trinajstić information content (AvgIpc) is 2.61. The molecule has 0 aliphatic rings. The fraction of sp³-hybridized carbons (Fsp3) is 0.526. The smallest absolute Gasteiger partial charge is 0.407 e. The summed E-state index contributed by atoms with van der Waals surface area (Å²) in [6.07, 6.45) is -0.465. The van der Waals surface area contributed by atoms with Crippen LogP contribution in [0.15, 0.2) is 29.3 Å². The predicted octanol–water partition coefficient (Wildman–Crippen LogP) is 1.20. The maximum Gasteiger partial charge on any atom is 0.407 e. The van der Waals surface area contributed by atoms with Crippen molar-refractivity contribution in [2.45, 2.75) is 33.3 Å². The number of phenolic OH excluding ortho intramolecular Hbond substituents is 1. The molecule has 1 aromatic carbocycles. The second-order valence-corrected chi connectivity index (χ2v) is 6.92. The van der Waals surface area contributed by atoms with Gasteiger partial charge in [0.15, 0.2) is 5.96 Å². The van der Waals surface area contributed by atoms with E-state index in [4.69, 9.17) is 4.74 Å². The van der Waals surface area contributed by atoms with Gasteiger partial charge in [0.2, 0.25) is 0 Å². The zero-order valence-electron chi connectivity index (χ0n) is 17.0. The van der Waals surface area contributed by atoms with Crippen LogP contribution in [-0.2, 0) is 4.74 Å². The molecule has 1 rings (SSSR count). The largest absolute Gasteiger partial charge is 0.508 e. The van der Waals surface area contributed by atoms with Gasteiger partial charge in [-0.15, -0.1) is 0 Å². The molecular formula is C19H31N5O4. The van der Waals surface area contributed by atoms with Gasteiger partial charge < -0.3 is 31.1 Å². The first-order chi connectivity index (χ1) is 13.2. The third-order valence-electron chi connectivity index (χ3n) is 3.23. The zero-order valence-corrected chi connectivity index (χ0v) is 17.0. The second-order valence-electron chi connectivity index (χ2n) is 6.92. The summed E-state index contributed by atoms with van der Waals surface area (Å²) in [6.45, 7) is 9.67. The van der Waals surface area contributed by atoms with Crippen molar-refractivity contribution in [1.29, 1.82) is 0 Å². The van der Waals surface area contributed by atoms with Gasteiger partial charge in [0.1, 0.15) is 11.4 Å². The number of aliphatic imine (C=N–C) groups is 1. The van der Waals surface area contributed by atoms with Crippen molar-refractivity contribution in [1.82, 2.24) is 21.3 Å². The van der Waals surface area contributed by atoms with Crippen molar-refractivity contribution in [2.24, 2.45) is 4.99 Å². The van der Waals surface area contributed by atoms with Crippen molar-refractivity contribution in [2.75, 3.05) is 32.7 Å². The van der Waals surface area contributed by atoms with Gasteiger partial charge >= 0.3 is 6.09 Å². The molecule has 0 spiro atoms. The highest BCUT2D eigenvalue weighted by molar-refractivity contribution is 5.94. The molecule has 5 N–H and O–H groups in total. The monoisotopic (exact) mass is 393 g/mol. The Labute approximate surface area is 166 Å². The number of nitrogens with one attached hydrogen (secondary N) is 4. The van der Waals surface area contributed by atoms with Crippen LogP contribution in [0.1, 0.15) is 38.1 Å². The van der Waals surface area contributed by atoms with E-state index in [2.05, 4.69) is 26.3 Å². The SMILES string of the molecule is CCNC(=NCCNC(=O)c1ccc(O)cc1)NCCNC(=O)OC(C)(C)C. The van der Waals surface area contributed by atoms with Crippen LogP contribution < -0.4 is 21.3 Å². The van der Waals surface area contributed by atoms with Crippen molar-refractivity contribution in [3.05, 3.63) is 29.8 Å². The van der Waals surface area contributed by atoms with Crippen LogP contribution in [-0.4, -0.2) is 61.4 Å². The lowest BCUT2D eigenvalue weighted by atomic mass is 10.2. The summed E-state index contributed by atoms with van der Waals surface area (Å²) in [5.74, 6) is 0.478. The molecular weight excluding hydrogens is 362 g/mol. The van der Waals surface area contributed by atoms with Crippen molar-refractivity contribution in [3.63, 3.8) is 0 Å². The number of ether oxygens (including phenoxy) is 1. The third kappa shape index (κ3) is 10.2. The van der Waals surface area contributed by atoms with Crippen molar-refractivity contribution >= 4 is 18.0 Å². The summed E-state index contributed by atoms with van der Waals surface area (Å²) >= 11 is 0. The lowest BCUT2D eigenvalue weighted by Crippen LogP contribution is -2.42. The maximum absolute atomic E-state index is 12.0. The molecule has 2 amide bonds. The number of carbonyl (C=O) groups excluding carboxylic acids is 2. The zero-order chi connectivity index (χ0) is 21.0. The summed E-state index contributed by atoms with van der Waals surface area (Å²) in [5, 5.41) is 20.8. The van der Waals surface area contributed by atoms with E-state index in [1.165, 1.54) is 12.1 Å². The Morgan fingerprint density at radius 1 is 1.00 bits per heavy atom. The number of aromatic hydroxyl groups is 1. The highest BCUT2D eigenvalue weighted by Gasteiger charge is 2.15. The molecule has 9 nitrogen and oxygen atoms in total. The fourth-order valence-corrected chi connectivity index (χ4v) is 2.05. The number of guanidine groups is 1. The summed E-state index contributed by atoms with van der Waals surface area (Å²) in [4.78, 5) is 27.9. The number of rotatable bonds is 8. The van der Waals surface area contributed by atoms with Gasteiger partial charge in [-0.25, -0.2) is 4.79 Å². The highest BCUT2D eigenvalue weighted by Crippen LogP contribution is 2.09. The number of hydrogen-bond donors (Lipinski definition) is 5. The molecule has 0 heterocycles. The lowest BCUT2D eigenvalue weighted by Gasteiger charge is -2.19. The Kier molecular flexibility index (Phi) is 9.63. The van der Waals surface area contributed by atoms with Crippen molar-refractivity contribution < 1.29 is 19.4 Å². The Balaban J connectivity index is 2.32. The quantitative estimate of drug-likeness (QED) is 0.257. The average molecular weight is 393 g/mol. The van der Waals surface area contributed by atoms with E-state index in [1.54, 1.807) is 32.9 Å². The number of carbonyl (C=O) groups is 2. The van der Waals surface area contributed by atoms with E-state index in [1.807, 2.05) is 6.92 Å². The predicted molar refractivity (Wildman–Crippen MR) is 109 cm³/mol. The Hall–Kier alpha value is -2.97. The second kappa shape index (κ2) is 11.7. The first-order valence-electron chi connectivity index (χ1n) is 9.27. The minimum Gasteiger partial charge on any atom is -0.508 e. The fourth-order valence-electron chi connectivity index (χ4n) is 2.05. The molecule has 0 bridgehead atoms. The Bertz CT molecular complexity index is 653. The summed E-state index contributed by atoms with van der Waals surface area (Å²) in [6, 6.07) is 6.03. The Morgan fingerprint density at radius 3 is 2.25 bits per heavy atom. The molecule has 0 saturated heterocycles. The molecule has 1 aromatic rings. The van der Waals surface area contributed by atoms with Crippen molar-refractivity contribution in [3.8, 4) is 5.75 Å². The number of amides is 2. The van der Waals surface area contributed by atoms with E-state index in [0.29, 0.717) is 44.2 Å². The molecule has 0 unspecified atom stereocenters. The summed E-state index contributed by atoms with van der Waals surface area (Å²) < 4.78 is 5.16. The third-order valence-corrected chi connectivity index (χ3v) is 3.23. The minimum absolute atomic E-state index is 0.115. The van der Waals surface area contributed by atoms with Gasteiger partial charge in [-0.1, -0.05) is 0 Å². The normalized spacial score (nSPS) is 11.5. The Morgan fingerprint density at radius 2 is 1.64 bits per heavy atom. The summed E-state index contributed by atoms with van der Waals surface area (Å²) in [7, 11) is 0. The maximum atomic E-state index is 12.0. The summed E-state index contributed by atoms with van der Waals surface area (Å²) in [5.41, 5.74) is -0.0571. The van der Waals surface area contributed by atoms with Gasteiger partial charge in [-0.2, -0.15) is 0 Å². The molecule has 156 valence electrons. The van der Waals surface area contributed by atoms with Crippen LogP contribution in [0, 0.1) is 0 Å². The number of alkyl carbamates (subject to hydrolysis) is 1. The van der Waals surface area contributed by atoms with E-state index >= 15 is 0 Å². The molecule has 9 heteroatoms.